The van der Waals surface area contributed by atoms with Crippen molar-refractivity contribution in [2.75, 3.05) is 26.2 Å². The lowest BCUT2D eigenvalue weighted by molar-refractivity contribution is 0.244. The molecule has 2 aromatic carbocycles. The molecule has 4 rings (SSSR count). The molecule has 0 radical (unpaired) electrons. The van der Waals surface area contributed by atoms with Crippen LogP contribution in [0, 0.1) is 0 Å². The van der Waals surface area contributed by atoms with Gasteiger partial charge in [0.2, 0.25) is 0 Å². The van der Waals surface area contributed by atoms with E-state index >= 15 is 0 Å². The summed E-state index contributed by atoms with van der Waals surface area (Å²) >= 11 is 5.50. The highest BCUT2D eigenvalue weighted by Gasteiger charge is 2.24. The van der Waals surface area contributed by atoms with Crippen molar-refractivity contribution < 1.29 is 0 Å². The molecule has 1 aromatic heterocycles. The Morgan fingerprint density at radius 1 is 1.00 bits per heavy atom. The number of hydrogen-bond donors (Lipinski definition) is 1. The van der Waals surface area contributed by atoms with Crippen LogP contribution in [0.25, 0.3) is 10.1 Å². The quantitative estimate of drug-likeness (QED) is 0.661. The third-order valence-electron chi connectivity index (χ3n) is 4.64. The van der Waals surface area contributed by atoms with E-state index in [1.807, 2.05) is 11.3 Å². The number of benzene rings is 2. The summed E-state index contributed by atoms with van der Waals surface area (Å²) in [7, 11) is 0. The van der Waals surface area contributed by atoms with Crippen molar-refractivity contribution in [3.63, 3.8) is 0 Å². The smallest absolute Gasteiger partial charge is 0.0696 e. The number of thiophene rings is 1. The van der Waals surface area contributed by atoms with Crippen LogP contribution in [-0.4, -0.2) is 31.1 Å². The topological polar surface area (TPSA) is 15.3 Å². The second-order valence-corrected chi connectivity index (χ2v) is 8.31. The first-order valence-electron chi connectivity index (χ1n) is 8.50. The molecule has 1 atom stereocenters. The minimum atomic E-state index is 0.343. The molecule has 1 aliphatic rings. The summed E-state index contributed by atoms with van der Waals surface area (Å²) in [5.74, 6) is 0. The highest BCUT2D eigenvalue weighted by atomic mass is 79.9. The van der Waals surface area contributed by atoms with Crippen molar-refractivity contribution in [3.05, 3.63) is 69.5 Å². The minimum Gasteiger partial charge on any atom is -0.315 e. The molecule has 0 aliphatic carbocycles. The Labute approximate surface area is 155 Å². The monoisotopic (exact) mass is 400 g/mol. The second-order valence-electron chi connectivity index (χ2n) is 6.28. The average molecular weight is 401 g/mol. The molecule has 1 fully saturated rings. The van der Waals surface area contributed by atoms with Gasteiger partial charge in [-0.15, -0.1) is 11.3 Å². The van der Waals surface area contributed by atoms with Gasteiger partial charge in [-0.3, -0.25) is 4.90 Å². The summed E-state index contributed by atoms with van der Waals surface area (Å²) in [5.41, 5.74) is 1.38. The highest BCUT2D eigenvalue weighted by molar-refractivity contribution is 9.10. The predicted molar refractivity (Wildman–Crippen MR) is 107 cm³/mol. The summed E-state index contributed by atoms with van der Waals surface area (Å²) < 4.78 is 2.52. The van der Waals surface area contributed by atoms with Crippen molar-refractivity contribution in [3.8, 4) is 0 Å². The maximum atomic E-state index is 3.57. The lowest BCUT2D eigenvalue weighted by Crippen LogP contribution is -2.32. The summed E-state index contributed by atoms with van der Waals surface area (Å²) in [6.07, 6.45) is 1.21. The van der Waals surface area contributed by atoms with E-state index in [2.05, 4.69) is 80.7 Å². The highest BCUT2D eigenvalue weighted by Crippen LogP contribution is 2.37. The maximum Gasteiger partial charge on any atom is 0.0696 e. The molecule has 24 heavy (non-hydrogen) atoms. The van der Waals surface area contributed by atoms with E-state index in [1.165, 1.54) is 26.9 Å². The molecule has 1 aliphatic heterocycles. The van der Waals surface area contributed by atoms with Gasteiger partial charge >= 0.3 is 0 Å². The Bertz CT molecular complexity index is 771. The van der Waals surface area contributed by atoms with E-state index < -0.39 is 0 Å². The molecule has 1 N–H and O–H groups in total. The van der Waals surface area contributed by atoms with E-state index in [0.29, 0.717) is 6.04 Å². The standard InChI is InChI=1S/C20H21BrN2S/c21-17-8-6-15(7-9-17)20(23-12-3-10-22-11-13-23)19-14-16-4-1-2-5-18(16)24-19/h1-2,4-9,14,20,22H,3,10-13H2. The molecule has 0 amide bonds. The number of nitrogens with one attached hydrogen (secondary N) is 1. The lowest BCUT2D eigenvalue weighted by Gasteiger charge is -2.30. The van der Waals surface area contributed by atoms with E-state index in [9.17, 15) is 0 Å². The summed E-state index contributed by atoms with van der Waals surface area (Å²) in [5, 5.41) is 4.88. The summed E-state index contributed by atoms with van der Waals surface area (Å²) in [6.45, 7) is 4.42. The first-order valence-corrected chi connectivity index (χ1v) is 10.1. The van der Waals surface area contributed by atoms with E-state index in [-0.39, 0.29) is 0 Å². The molecular weight excluding hydrogens is 380 g/mol. The lowest BCUT2D eigenvalue weighted by atomic mass is 10.0. The van der Waals surface area contributed by atoms with Crippen LogP contribution < -0.4 is 5.32 Å². The van der Waals surface area contributed by atoms with Gasteiger partial charge in [0.1, 0.15) is 0 Å². The van der Waals surface area contributed by atoms with Crippen LogP contribution in [0.4, 0.5) is 0 Å². The fourth-order valence-electron chi connectivity index (χ4n) is 3.46. The number of rotatable bonds is 3. The largest absolute Gasteiger partial charge is 0.315 e. The molecule has 1 saturated heterocycles. The Balaban J connectivity index is 1.77. The second kappa shape index (κ2) is 7.36. The fourth-order valence-corrected chi connectivity index (χ4v) is 4.95. The molecule has 1 unspecified atom stereocenters. The van der Waals surface area contributed by atoms with Gasteiger partial charge in [-0.25, -0.2) is 0 Å². The zero-order valence-corrected chi connectivity index (χ0v) is 15.9. The van der Waals surface area contributed by atoms with Gasteiger partial charge in [0.05, 0.1) is 6.04 Å². The van der Waals surface area contributed by atoms with E-state index in [4.69, 9.17) is 0 Å². The van der Waals surface area contributed by atoms with Gasteiger partial charge < -0.3 is 5.32 Å². The maximum absolute atomic E-state index is 3.57. The molecule has 2 nitrogen and oxygen atoms in total. The van der Waals surface area contributed by atoms with Gasteiger partial charge in [-0.1, -0.05) is 46.3 Å². The Kier molecular flexibility index (Phi) is 4.99. The zero-order chi connectivity index (χ0) is 16.4. The van der Waals surface area contributed by atoms with Crippen LogP contribution >= 0.6 is 27.3 Å². The number of halogens is 1. The summed E-state index contributed by atoms with van der Waals surface area (Å²) in [4.78, 5) is 4.08. The molecule has 3 aromatic rings. The molecule has 124 valence electrons. The van der Waals surface area contributed by atoms with Crippen molar-refractivity contribution in [1.82, 2.24) is 10.2 Å². The Morgan fingerprint density at radius 2 is 1.83 bits per heavy atom. The van der Waals surface area contributed by atoms with Gasteiger partial charge in [-0.2, -0.15) is 0 Å². The minimum absolute atomic E-state index is 0.343. The van der Waals surface area contributed by atoms with Crippen LogP contribution in [0.2, 0.25) is 0 Å². The summed E-state index contributed by atoms with van der Waals surface area (Å²) in [6, 6.07) is 20.3. The van der Waals surface area contributed by atoms with Crippen LogP contribution in [-0.2, 0) is 0 Å². The average Bonchev–Trinajstić information content (AvgIpc) is 2.84. The molecule has 0 saturated carbocycles. The van der Waals surface area contributed by atoms with E-state index in [0.717, 1.165) is 30.7 Å². The van der Waals surface area contributed by atoms with Gasteiger partial charge in [0.25, 0.3) is 0 Å². The first kappa shape index (κ1) is 16.3. The molecule has 2 heterocycles. The third-order valence-corrected chi connectivity index (χ3v) is 6.34. The first-order chi connectivity index (χ1) is 11.8. The van der Waals surface area contributed by atoms with Crippen LogP contribution in [0.3, 0.4) is 0 Å². The van der Waals surface area contributed by atoms with Crippen LogP contribution in [0.15, 0.2) is 59.1 Å². The van der Waals surface area contributed by atoms with Crippen molar-refractivity contribution in [2.24, 2.45) is 0 Å². The van der Waals surface area contributed by atoms with Crippen LogP contribution in [0.5, 0.6) is 0 Å². The molecule has 0 bridgehead atoms. The normalized spacial score (nSPS) is 17.7. The van der Waals surface area contributed by atoms with Gasteiger partial charge in [-0.05, 0) is 48.2 Å². The number of hydrogen-bond acceptors (Lipinski definition) is 3. The van der Waals surface area contributed by atoms with Gasteiger partial charge in [0.15, 0.2) is 0 Å². The molecule has 0 spiro atoms. The van der Waals surface area contributed by atoms with Gasteiger partial charge in [0, 0.05) is 33.7 Å². The Morgan fingerprint density at radius 3 is 2.67 bits per heavy atom. The fraction of sp³-hybridized carbons (Fsp3) is 0.300. The predicted octanol–water partition coefficient (Wildman–Crippen LogP) is 5.05. The number of fused-ring (bicyclic) bond motifs is 1. The molecule has 4 heteroatoms. The Hall–Kier alpha value is -1.20. The van der Waals surface area contributed by atoms with E-state index in [1.54, 1.807) is 0 Å². The van der Waals surface area contributed by atoms with Crippen molar-refractivity contribution >= 4 is 37.4 Å². The third kappa shape index (κ3) is 3.42. The SMILES string of the molecule is Brc1ccc(C(c2cc3ccccc3s2)N2CCCNCC2)cc1. The van der Waals surface area contributed by atoms with Crippen molar-refractivity contribution in [2.45, 2.75) is 12.5 Å². The molecular formula is C20H21BrN2S. The zero-order valence-electron chi connectivity index (χ0n) is 13.5. The number of nitrogens with zero attached hydrogens (tertiary/aromatic N) is 1. The van der Waals surface area contributed by atoms with Crippen molar-refractivity contribution in [1.29, 1.82) is 0 Å². The van der Waals surface area contributed by atoms with Crippen LogP contribution in [0.1, 0.15) is 22.9 Å².